The Labute approximate surface area is 106 Å². The summed E-state index contributed by atoms with van der Waals surface area (Å²) in [4.78, 5) is 12.2. The Morgan fingerprint density at radius 2 is 2.29 bits per heavy atom. The number of aromatic nitrogens is 5. The highest BCUT2D eigenvalue weighted by Gasteiger charge is 2.00. The fourth-order valence-corrected chi connectivity index (χ4v) is 1.72. The second kappa shape index (κ2) is 5.58. The lowest BCUT2D eigenvalue weighted by molar-refractivity contribution is 0.800. The Bertz CT molecular complexity index is 450. The molecule has 2 aromatic rings. The van der Waals surface area contributed by atoms with Crippen molar-refractivity contribution in [2.45, 2.75) is 12.8 Å². The summed E-state index contributed by atoms with van der Waals surface area (Å²) in [5.74, 6) is 1.83. The first-order chi connectivity index (χ1) is 8.24. The lowest BCUT2D eigenvalue weighted by Gasteiger charge is -2.04. The van der Waals surface area contributed by atoms with E-state index in [-0.39, 0.29) is 0 Å². The SMILES string of the molecule is Nc1cc(Br)nc(NCCCc2ncn[nH]2)n1. The normalized spacial score (nSPS) is 10.4. The lowest BCUT2D eigenvalue weighted by Crippen LogP contribution is -2.08. The number of H-pyrrole nitrogens is 1. The highest BCUT2D eigenvalue weighted by molar-refractivity contribution is 9.10. The van der Waals surface area contributed by atoms with E-state index in [0.29, 0.717) is 16.4 Å². The molecule has 0 fully saturated rings. The van der Waals surface area contributed by atoms with Gasteiger partial charge in [0.25, 0.3) is 0 Å². The highest BCUT2D eigenvalue weighted by Crippen LogP contribution is 2.12. The molecule has 0 saturated heterocycles. The number of aryl methyl sites for hydroxylation is 1. The molecule has 0 unspecified atom stereocenters. The molecule has 90 valence electrons. The molecule has 2 aromatic heterocycles. The van der Waals surface area contributed by atoms with E-state index < -0.39 is 0 Å². The zero-order chi connectivity index (χ0) is 12.1. The maximum absolute atomic E-state index is 5.60. The van der Waals surface area contributed by atoms with E-state index in [1.54, 1.807) is 6.07 Å². The van der Waals surface area contributed by atoms with Gasteiger partial charge in [-0.25, -0.2) is 9.97 Å². The van der Waals surface area contributed by atoms with Gasteiger partial charge in [0.1, 0.15) is 22.6 Å². The molecule has 2 heterocycles. The first-order valence-corrected chi connectivity index (χ1v) is 5.91. The molecule has 8 heteroatoms. The molecule has 2 rings (SSSR count). The fourth-order valence-electron chi connectivity index (χ4n) is 1.32. The molecule has 0 aliphatic carbocycles. The van der Waals surface area contributed by atoms with Crippen molar-refractivity contribution in [3.63, 3.8) is 0 Å². The predicted molar refractivity (Wildman–Crippen MR) is 67.3 cm³/mol. The average Bonchev–Trinajstić information content (AvgIpc) is 2.76. The topological polar surface area (TPSA) is 105 Å². The van der Waals surface area contributed by atoms with Crippen molar-refractivity contribution in [3.8, 4) is 0 Å². The van der Waals surface area contributed by atoms with Gasteiger partial charge in [0.05, 0.1) is 0 Å². The number of nitrogens with two attached hydrogens (primary N) is 1. The maximum atomic E-state index is 5.60. The number of rotatable bonds is 5. The molecule has 0 amide bonds. The van der Waals surface area contributed by atoms with Crippen molar-refractivity contribution in [3.05, 3.63) is 22.8 Å². The van der Waals surface area contributed by atoms with Crippen molar-refractivity contribution in [1.82, 2.24) is 25.1 Å². The van der Waals surface area contributed by atoms with Gasteiger partial charge in [0.15, 0.2) is 0 Å². The molecule has 0 aromatic carbocycles. The van der Waals surface area contributed by atoms with Gasteiger partial charge < -0.3 is 11.1 Å². The highest BCUT2D eigenvalue weighted by atomic mass is 79.9. The van der Waals surface area contributed by atoms with E-state index in [0.717, 1.165) is 25.2 Å². The van der Waals surface area contributed by atoms with Crippen molar-refractivity contribution in [1.29, 1.82) is 0 Å². The minimum Gasteiger partial charge on any atom is -0.383 e. The van der Waals surface area contributed by atoms with Gasteiger partial charge in [0.2, 0.25) is 5.95 Å². The molecule has 17 heavy (non-hydrogen) atoms. The molecule has 0 radical (unpaired) electrons. The van der Waals surface area contributed by atoms with E-state index in [1.165, 1.54) is 6.33 Å². The van der Waals surface area contributed by atoms with Gasteiger partial charge in [0, 0.05) is 19.0 Å². The summed E-state index contributed by atoms with van der Waals surface area (Å²) in [6.45, 7) is 0.747. The zero-order valence-electron chi connectivity index (χ0n) is 9.02. The van der Waals surface area contributed by atoms with Gasteiger partial charge in [-0.05, 0) is 22.4 Å². The number of hydrogen-bond acceptors (Lipinski definition) is 6. The Morgan fingerprint density at radius 3 is 3.00 bits per heavy atom. The number of nitrogen functional groups attached to an aromatic ring is 1. The number of nitrogens with zero attached hydrogens (tertiary/aromatic N) is 4. The molecule has 0 spiro atoms. The van der Waals surface area contributed by atoms with Gasteiger partial charge in [-0.3, -0.25) is 5.10 Å². The van der Waals surface area contributed by atoms with E-state index >= 15 is 0 Å². The Morgan fingerprint density at radius 1 is 1.41 bits per heavy atom. The Balaban J connectivity index is 1.78. The smallest absolute Gasteiger partial charge is 0.225 e. The molecule has 0 aliphatic rings. The minimum atomic E-state index is 0.435. The minimum absolute atomic E-state index is 0.435. The van der Waals surface area contributed by atoms with Gasteiger partial charge in [-0.15, -0.1) is 0 Å². The maximum Gasteiger partial charge on any atom is 0.225 e. The standard InChI is InChI=1S/C9H12BrN7/c10-6-4-7(11)16-9(15-6)12-3-1-2-8-13-5-14-17-8/h4-5H,1-3H2,(H,13,14,17)(H3,11,12,15,16). The molecule has 0 aliphatic heterocycles. The molecule has 0 bridgehead atoms. The number of anilines is 2. The van der Waals surface area contributed by atoms with Crippen LogP contribution in [0.4, 0.5) is 11.8 Å². The van der Waals surface area contributed by atoms with Crippen LogP contribution in [0.15, 0.2) is 17.0 Å². The number of aromatic amines is 1. The van der Waals surface area contributed by atoms with Crippen LogP contribution >= 0.6 is 15.9 Å². The van der Waals surface area contributed by atoms with E-state index in [2.05, 4.69) is 46.4 Å². The second-order valence-electron chi connectivity index (χ2n) is 3.40. The third-order valence-electron chi connectivity index (χ3n) is 2.05. The molecule has 0 saturated carbocycles. The van der Waals surface area contributed by atoms with Crippen molar-refractivity contribution in [2.24, 2.45) is 0 Å². The molecule has 4 N–H and O–H groups in total. The number of hydrogen-bond donors (Lipinski definition) is 3. The average molecular weight is 298 g/mol. The Kier molecular flexibility index (Phi) is 3.86. The van der Waals surface area contributed by atoms with Crippen LogP contribution < -0.4 is 11.1 Å². The van der Waals surface area contributed by atoms with E-state index in [1.807, 2.05) is 0 Å². The van der Waals surface area contributed by atoms with Gasteiger partial charge in [-0.2, -0.15) is 10.1 Å². The van der Waals surface area contributed by atoms with E-state index in [4.69, 9.17) is 5.73 Å². The quantitative estimate of drug-likeness (QED) is 0.561. The predicted octanol–water partition coefficient (Wildman–Crippen LogP) is 0.984. The van der Waals surface area contributed by atoms with E-state index in [9.17, 15) is 0 Å². The monoisotopic (exact) mass is 297 g/mol. The summed E-state index contributed by atoms with van der Waals surface area (Å²) in [6.07, 6.45) is 3.24. The summed E-state index contributed by atoms with van der Waals surface area (Å²) >= 11 is 3.26. The zero-order valence-corrected chi connectivity index (χ0v) is 10.6. The molecular weight excluding hydrogens is 286 g/mol. The van der Waals surface area contributed by atoms with Crippen molar-refractivity contribution in [2.75, 3.05) is 17.6 Å². The fraction of sp³-hybridized carbons (Fsp3) is 0.333. The van der Waals surface area contributed by atoms with Crippen LogP contribution in [-0.4, -0.2) is 31.7 Å². The third-order valence-corrected chi connectivity index (χ3v) is 2.46. The van der Waals surface area contributed by atoms with Crippen molar-refractivity contribution < 1.29 is 0 Å². The number of nitrogens with one attached hydrogen (secondary N) is 2. The summed E-state index contributed by atoms with van der Waals surface area (Å²) in [6, 6.07) is 1.65. The first-order valence-electron chi connectivity index (χ1n) is 5.12. The van der Waals surface area contributed by atoms with Crippen LogP contribution in [0.3, 0.4) is 0 Å². The van der Waals surface area contributed by atoms with Gasteiger partial charge in [-0.1, -0.05) is 0 Å². The summed E-state index contributed by atoms with van der Waals surface area (Å²) in [7, 11) is 0. The Hall–Kier alpha value is -1.70. The van der Waals surface area contributed by atoms with Crippen LogP contribution in [0, 0.1) is 0 Å². The van der Waals surface area contributed by atoms with Crippen LogP contribution in [0.2, 0.25) is 0 Å². The lowest BCUT2D eigenvalue weighted by atomic mass is 10.3. The first kappa shape index (κ1) is 11.8. The van der Waals surface area contributed by atoms with Gasteiger partial charge >= 0.3 is 0 Å². The molecule has 0 atom stereocenters. The molecular formula is C9H12BrN7. The summed E-state index contributed by atoms with van der Waals surface area (Å²) < 4.78 is 0.669. The van der Waals surface area contributed by atoms with Crippen LogP contribution in [0.5, 0.6) is 0 Å². The number of halogens is 1. The third kappa shape index (κ3) is 3.66. The van der Waals surface area contributed by atoms with Crippen LogP contribution in [0.25, 0.3) is 0 Å². The summed E-state index contributed by atoms with van der Waals surface area (Å²) in [5.41, 5.74) is 5.60. The van der Waals surface area contributed by atoms with Crippen LogP contribution in [0.1, 0.15) is 12.2 Å². The summed E-state index contributed by atoms with van der Waals surface area (Å²) in [5, 5.41) is 9.68. The van der Waals surface area contributed by atoms with Crippen molar-refractivity contribution >= 4 is 27.7 Å². The second-order valence-corrected chi connectivity index (χ2v) is 4.21. The largest absolute Gasteiger partial charge is 0.383 e. The molecule has 7 nitrogen and oxygen atoms in total. The van der Waals surface area contributed by atoms with Crippen LogP contribution in [-0.2, 0) is 6.42 Å².